The van der Waals surface area contributed by atoms with Gasteiger partial charge in [-0.1, -0.05) is 6.92 Å². The second kappa shape index (κ2) is 4.45. The SMILES string of the molecule is CCCOc1cc(C(=O)O)cc2c1ncn2C. The van der Waals surface area contributed by atoms with Gasteiger partial charge in [-0.15, -0.1) is 0 Å². The van der Waals surface area contributed by atoms with E-state index in [1.54, 1.807) is 17.0 Å². The molecule has 0 bridgehead atoms. The molecule has 0 saturated heterocycles. The van der Waals surface area contributed by atoms with Crippen molar-refractivity contribution in [3.8, 4) is 5.75 Å². The van der Waals surface area contributed by atoms with Gasteiger partial charge in [-0.25, -0.2) is 9.78 Å². The Kier molecular flexibility index (Phi) is 2.99. The molecule has 5 nitrogen and oxygen atoms in total. The maximum atomic E-state index is 11.0. The molecule has 90 valence electrons. The molecule has 2 rings (SSSR count). The van der Waals surface area contributed by atoms with Crippen molar-refractivity contribution in [3.63, 3.8) is 0 Å². The average molecular weight is 234 g/mol. The van der Waals surface area contributed by atoms with Crippen molar-refractivity contribution >= 4 is 17.0 Å². The minimum absolute atomic E-state index is 0.215. The van der Waals surface area contributed by atoms with Gasteiger partial charge >= 0.3 is 5.97 Å². The Morgan fingerprint density at radius 2 is 2.29 bits per heavy atom. The van der Waals surface area contributed by atoms with Crippen molar-refractivity contribution in [3.05, 3.63) is 24.0 Å². The van der Waals surface area contributed by atoms with Crippen LogP contribution in [0.25, 0.3) is 11.0 Å². The minimum atomic E-state index is -0.963. The number of nitrogens with zero attached hydrogens (tertiary/aromatic N) is 2. The van der Waals surface area contributed by atoms with Crippen molar-refractivity contribution in [2.45, 2.75) is 13.3 Å². The fourth-order valence-electron chi connectivity index (χ4n) is 1.64. The Morgan fingerprint density at radius 1 is 1.53 bits per heavy atom. The van der Waals surface area contributed by atoms with Crippen LogP contribution in [-0.4, -0.2) is 27.2 Å². The standard InChI is InChI=1S/C12H14N2O3/c1-3-4-17-10-6-8(12(15)16)5-9-11(10)13-7-14(9)2/h5-7H,3-4H2,1-2H3,(H,15,16). The monoisotopic (exact) mass is 234 g/mol. The molecule has 1 aromatic heterocycles. The van der Waals surface area contributed by atoms with Crippen molar-refractivity contribution in [2.75, 3.05) is 6.61 Å². The number of aryl methyl sites for hydroxylation is 1. The third-order valence-corrected chi connectivity index (χ3v) is 2.50. The van der Waals surface area contributed by atoms with Gasteiger partial charge in [-0.05, 0) is 18.6 Å². The lowest BCUT2D eigenvalue weighted by Crippen LogP contribution is -2.01. The van der Waals surface area contributed by atoms with Gasteiger partial charge in [-0.3, -0.25) is 0 Å². The highest BCUT2D eigenvalue weighted by Gasteiger charge is 2.13. The Bertz CT molecular complexity index is 560. The first-order chi connectivity index (χ1) is 8.13. The van der Waals surface area contributed by atoms with Crippen LogP contribution in [0.4, 0.5) is 0 Å². The highest BCUT2D eigenvalue weighted by Crippen LogP contribution is 2.26. The summed E-state index contributed by atoms with van der Waals surface area (Å²) >= 11 is 0. The molecule has 1 aromatic carbocycles. The summed E-state index contributed by atoms with van der Waals surface area (Å²) in [6.07, 6.45) is 2.51. The molecule has 0 aliphatic carbocycles. The van der Waals surface area contributed by atoms with Crippen LogP contribution in [0.5, 0.6) is 5.75 Å². The lowest BCUT2D eigenvalue weighted by molar-refractivity contribution is 0.0696. The Morgan fingerprint density at radius 3 is 2.94 bits per heavy atom. The van der Waals surface area contributed by atoms with Gasteiger partial charge in [0.2, 0.25) is 0 Å². The van der Waals surface area contributed by atoms with E-state index in [0.29, 0.717) is 17.9 Å². The van der Waals surface area contributed by atoms with E-state index >= 15 is 0 Å². The summed E-state index contributed by atoms with van der Waals surface area (Å²) < 4.78 is 7.31. The van der Waals surface area contributed by atoms with Crippen LogP contribution < -0.4 is 4.74 Å². The van der Waals surface area contributed by atoms with E-state index in [1.165, 1.54) is 6.07 Å². The largest absolute Gasteiger partial charge is 0.491 e. The number of rotatable bonds is 4. The minimum Gasteiger partial charge on any atom is -0.491 e. The summed E-state index contributed by atoms with van der Waals surface area (Å²) in [5, 5.41) is 9.04. The number of carbonyl (C=O) groups is 1. The molecular weight excluding hydrogens is 220 g/mol. The molecule has 0 radical (unpaired) electrons. The maximum Gasteiger partial charge on any atom is 0.335 e. The van der Waals surface area contributed by atoms with Crippen LogP contribution in [0.3, 0.4) is 0 Å². The normalized spacial score (nSPS) is 10.7. The van der Waals surface area contributed by atoms with Gasteiger partial charge in [0.15, 0.2) is 0 Å². The van der Waals surface area contributed by atoms with E-state index in [2.05, 4.69) is 4.98 Å². The number of aromatic nitrogens is 2. The van der Waals surface area contributed by atoms with Gasteiger partial charge < -0.3 is 14.4 Å². The van der Waals surface area contributed by atoms with Gasteiger partial charge in [0, 0.05) is 7.05 Å². The number of fused-ring (bicyclic) bond motifs is 1. The van der Waals surface area contributed by atoms with Crippen molar-refractivity contribution in [2.24, 2.45) is 7.05 Å². The number of hydrogen-bond acceptors (Lipinski definition) is 3. The van der Waals surface area contributed by atoms with E-state index < -0.39 is 5.97 Å². The molecule has 17 heavy (non-hydrogen) atoms. The zero-order chi connectivity index (χ0) is 12.4. The fraction of sp³-hybridized carbons (Fsp3) is 0.333. The average Bonchev–Trinajstić information content (AvgIpc) is 2.68. The van der Waals surface area contributed by atoms with Crippen LogP contribution >= 0.6 is 0 Å². The Labute approximate surface area is 98.6 Å². The zero-order valence-corrected chi connectivity index (χ0v) is 9.80. The molecule has 0 saturated carbocycles. The van der Waals surface area contributed by atoms with E-state index in [4.69, 9.17) is 9.84 Å². The quantitative estimate of drug-likeness (QED) is 0.879. The van der Waals surface area contributed by atoms with E-state index in [1.807, 2.05) is 14.0 Å². The summed E-state index contributed by atoms with van der Waals surface area (Å²) in [4.78, 5) is 15.2. The van der Waals surface area contributed by atoms with E-state index in [-0.39, 0.29) is 5.56 Å². The highest BCUT2D eigenvalue weighted by molar-refractivity contribution is 5.95. The van der Waals surface area contributed by atoms with Crippen LogP contribution in [0.2, 0.25) is 0 Å². The van der Waals surface area contributed by atoms with Crippen molar-refractivity contribution in [1.82, 2.24) is 9.55 Å². The lowest BCUT2D eigenvalue weighted by Gasteiger charge is -2.07. The molecule has 0 atom stereocenters. The number of benzene rings is 1. The molecule has 0 amide bonds. The van der Waals surface area contributed by atoms with Gasteiger partial charge in [0.25, 0.3) is 0 Å². The predicted molar refractivity (Wildman–Crippen MR) is 63.5 cm³/mol. The molecule has 1 heterocycles. The summed E-state index contributed by atoms with van der Waals surface area (Å²) in [5.74, 6) is -0.434. The number of ether oxygens (including phenoxy) is 1. The molecule has 1 N–H and O–H groups in total. The number of hydrogen-bond donors (Lipinski definition) is 1. The third kappa shape index (κ3) is 2.08. The first-order valence-corrected chi connectivity index (χ1v) is 5.44. The molecule has 0 fully saturated rings. The smallest absolute Gasteiger partial charge is 0.335 e. The number of imidazole rings is 1. The number of carboxylic acid groups (broad SMARTS) is 1. The molecule has 0 aliphatic heterocycles. The van der Waals surface area contributed by atoms with Crippen LogP contribution in [0, 0.1) is 0 Å². The summed E-state index contributed by atoms with van der Waals surface area (Å²) in [5.41, 5.74) is 1.68. The Hall–Kier alpha value is -2.04. The van der Waals surface area contributed by atoms with Crippen LogP contribution in [0.15, 0.2) is 18.5 Å². The summed E-state index contributed by atoms with van der Waals surface area (Å²) in [7, 11) is 1.82. The second-order valence-corrected chi connectivity index (χ2v) is 3.85. The maximum absolute atomic E-state index is 11.0. The third-order valence-electron chi connectivity index (χ3n) is 2.50. The molecule has 0 spiro atoms. The molecular formula is C12H14N2O3. The summed E-state index contributed by atoms with van der Waals surface area (Å²) in [6, 6.07) is 3.12. The van der Waals surface area contributed by atoms with E-state index in [9.17, 15) is 4.79 Å². The van der Waals surface area contributed by atoms with Gasteiger partial charge in [0.1, 0.15) is 11.3 Å². The predicted octanol–water partition coefficient (Wildman–Crippen LogP) is 2.06. The number of carboxylic acids is 1. The molecule has 0 unspecified atom stereocenters. The first-order valence-electron chi connectivity index (χ1n) is 5.44. The summed E-state index contributed by atoms with van der Waals surface area (Å²) in [6.45, 7) is 2.55. The van der Waals surface area contributed by atoms with Gasteiger partial charge in [-0.2, -0.15) is 0 Å². The number of aromatic carboxylic acids is 1. The molecule has 5 heteroatoms. The first kappa shape index (κ1) is 11.4. The molecule has 0 aliphatic rings. The van der Waals surface area contributed by atoms with Gasteiger partial charge in [0.05, 0.1) is 24.0 Å². The van der Waals surface area contributed by atoms with Crippen molar-refractivity contribution < 1.29 is 14.6 Å². The van der Waals surface area contributed by atoms with Crippen LogP contribution in [0.1, 0.15) is 23.7 Å². The van der Waals surface area contributed by atoms with Crippen molar-refractivity contribution in [1.29, 1.82) is 0 Å². The lowest BCUT2D eigenvalue weighted by atomic mass is 10.2. The zero-order valence-electron chi connectivity index (χ0n) is 9.80. The Balaban J connectivity index is 2.58. The molecule has 2 aromatic rings. The topological polar surface area (TPSA) is 64.3 Å². The van der Waals surface area contributed by atoms with E-state index in [0.717, 1.165) is 11.9 Å². The van der Waals surface area contributed by atoms with Crippen LogP contribution in [-0.2, 0) is 7.05 Å². The fourth-order valence-corrected chi connectivity index (χ4v) is 1.64. The second-order valence-electron chi connectivity index (χ2n) is 3.85. The highest BCUT2D eigenvalue weighted by atomic mass is 16.5.